The van der Waals surface area contributed by atoms with E-state index in [2.05, 4.69) is 9.97 Å². The Hall–Kier alpha value is -2.28. The summed E-state index contributed by atoms with van der Waals surface area (Å²) < 4.78 is 1.93. The van der Waals surface area contributed by atoms with E-state index in [1.54, 1.807) is 21.0 Å². The molecule has 23 heavy (non-hydrogen) atoms. The Bertz CT molecular complexity index is 987. The molecule has 3 rings (SSSR count). The van der Waals surface area contributed by atoms with Crippen LogP contribution in [0.4, 0.5) is 0 Å². The molecule has 0 radical (unpaired) electrons. The average Bonchev–Trinajstić information content (AvgIpc) is 2.85. The van der Waals surface area contributed by atoms with Gasteiger partial charge in [0.25, 0.3) is 5.56 Å². The first-order valence-electron chi connectivity index (χ1n) is 7.30. The third-order valence-corrected chi connectivity index (χ3v) is 4.98. The van der Waals surface area contributed by atoms with Gasteiger partial charge in [-0.3, -0.25) is 14.2 Å². The van der Waals surface area contributed by atoms with Crippen LogP contribution in [0.1, 0.15) is 24.2 Å². The fourth-order valence-electron chi connectivity index (χ4n) is 2.75. The Morgan fingerprint density at radius 1 is 1.35 bits per heavy atom. The number of nitrogens with zero attached hydrogens (tertiary/aromatic N) is 4. The van der Waals surface area contributed by atoms with Gasteiger partial charge >= 0.3 is 0 Å². The summed E-state index contributed by atoms with van der Waals surface area (Å²) in [5, 5.41) is 0.923. The normalized spacial score (nSPS) is 12.7. The zero-order valence-electron chi connectivity index (χ0n) is 13.7. The van der Waals surface area contributed by atoms with Gasteiger partial charge in [0.1, 0.15) is 15.6 Å². The fourth-order valence-corrected chi connectivity index (χ4v) is 3.94. The Balaban J connectivity index is 2.28. The minimum Gasteiger partial charge on any atom is -0.347 e. The molecule has 0 aliphatic rings. The Morgan fingerprint density at radius 2 is 2.04 bits per heavy atom. The van der Waals surface area contributed by atoms with Gasteiger partial charge in [-0.2, -0.15) is 0 Å². The number of aryl methyl sites for hydroxylation is 2. The van der Waals surface area contributed by atoms with Crippen LogP contribution in [0.5, 0.6) is 0 Å². The maximum absolute atomic E-state index is 12.8. The smallest absolute Gasteiger partial charge is 0.272 e. The minimum atomic E-state index is -0.588. The lowest BCUT2D eigenvalue weighted by Crippen LogP contribution is -2.35. The molecule has 0 aliphatic heterocycles. The quantitative estimate of drug-likeness (QED) is 0.723. The van der Waals surface area contributed by atoms with Crippen molar-refractivity contribution in [1.29, 1.82) is 0 Å². The molecule has 120 valence electrons. The highest BCUT2D eigenvalue weighted by Gasteiger charge is 2.21. The summed E-state index contributed by atoms with van der Waals surface area (Å²) in [6.45, 7) is 5.63. The summed E-state index contributed by atoms with van der Waals surface area (Å²) in [6, 6.07) is 1.40. The second kappa shape index (κ2) is 5.42. The average molecular weight is 330 g/mol. The van der Waals surface area contributed by atoms with E-state index in [0.717, 1.165) is 21.5 Å². The van der Waals surface area contributed by atoms with Crippen LogP contribution in [0.15, 0.2) is 17.2 Å². The molecular weight excluding hydrogens is 312 g/mol. The molecule has 7 heteroatoms. The van der Waals surface area contributed by atoms with Gasteiger partial charge < -0.3 is 4.90 Å². The first-order valence-corrected chi connectivity index (χ1v) is 8.11. The van der Waals surface area contributed by atoms with Gasteiger partial charge in [-0.25, -0.2) is 9.97 Å². The van der Waals surface area contributed by atoms with Gasteiger partial charge in [0.2, 0.25) is 5.91 Å². The highest BCUT2D eigenvalue weighted by atomic mass is 32.1. The number of aromatic nitrogens is 3. The zero-order chi connectivity index (χ0) is 16.9. The molecule has 0 saturated heterocycles. The third-order valence-electron chi connectivity index (χ3n) is 3.92. The van der Waals surface area contributed by atoms with Crippen molar-refractivity contribution in [2.75, 3.05) is 14.1 Å². The van der Waals surface area contributed by atoms with E-state index in [1.165, 1.54) is 27.1 Å². The monoisotopic (exact) mass is 330 g/mol. The number of carbonyl (C=O) groups is 1. The molecular formula is C16H18N4O2S. The molecule has 3 heterocycles. The highest BCUT2D eigenvalue weighted by Crippen LogP contribution is 2.31. The maximum Gasteiger partial charge on any atom is 0.272 e. The van der Waals surface area contributed by atoms with E-state index in [4.69, 9.17) is 0 Å². The topological polar surface area (TPSA) is 68.1 Å². The molecule has 0 saturated carbocycles. The van der Waals surface area contributed by atoms with Crippen LogP contribution in [0.2, 0.25) is 0 Å². The summed E-state index contributed by atoms with van der Waals surface area (Å²) in [7, 11) is 3.34. The number of carbonyl (C=O) groups excluding carboxylic acids is 1. The molecule has 0 fully saturated rings. The van der Waals surface area contributed by atoms with Gasteiger partial charge in [-0.1, -0.05) is 0 Å². The van der Waals surface area contributed by atoms with Crippen molar-refractivity contribution < 1.29 is 4.79 Å². The van der Waals surface area contributed by atoms with E-state index in [0.29, 0.717) is 10.2 Å². The van der Waals surface area contributed by atoms with Crippen LogP contribution in [0.25, 0.3) is 20.4 Å². The Kier molecular flexibility index (Phi) is 3.68. The molecule has 0 N–H and O–H groups in total. The van der Waals surface area contributed by atoms with E-state index < -0.39 is 6.04 Å². The van der Waals surface area contributed by atoms with E-state index in [-0.39, 0.29) is 11.5 Å². The number of hydrogen-bond acceptors (Lipinski definition) is 5. The standard InChI is InChI=1S/C16H18N4O2S/c1-8-6-9(2)18-14-11(8)12-13(23-14)16(22)20(7-17-12)10(3)15(21)19(4)5/h6-7,10H,1-5H3/t10-/m1/s1. The number of thiophene rings is 1. The van der Waals surface area contributed by atoms with Crippen LogP contribution in [0.3, 0.4) is 0 Å². The summed E-state index contributed by atoms with van der Waals surface area (Å²) in [6.07, 6.45) is 1.46. The first-order chi connectivity index (χ1) is 10.8. The van der Waals surface area contributed by atoms with Crippen LogP contribution in [-0.4, -0.2) is 39.4 Å². The lowest BCUT2D eigenvalue weighted by Gasteiger charge is -2.18. The number of hydrogen-bond donors (Lipinski definition) is 0. The van der Waals surface area contributed by atoms with Crippen LogP contribution < -0.4 is 5.56 Å². The van der Waals surface area contributed by atoms with Gasteiger partial charge in [-0.15, -0.1) is 11.3 Å². The molecule has 0 aromatic carbocycles. The van der Waals surface area contributed by atoms with E-state index in [9.17, 15) is 9.59 Å². The molecule has 3 aromatic heterocycles. The molecule has 1 atom stereocenters. The SMILES string of the molecule is Cc1cc(C)c2c(n1)sc1c(=O)n([C@H](C)C(=O)N(C)C)cnc12. The van der Waals surface area contributed by atoms with Crippen LogP contribution in [-0.2, 0) is 4.79 Å². The third kappa shape index (κ3) is 2.41. The van der Waals surface area contributed by atoms with Crippen molar-refractivity contribution in [3.63, 3.8) is 0 Å². The number of pyridine rings is 1. The largest absolute Gasteiger partial charge is 0.347 e. The van der Waals surface area contributed by atoms with E-state index >= 15 is 0 Å². The molecule has 6 nitrogen and oxygen atoms in total. The van der Waals surface area contributed by atoms with Crippen molar-refractivity contribution in [3.05, 3.63) is 34.0 Å². The summed E-state index contributed by atoms with van der Waals surface area (Å²) in [5.74, 6) is -0.139. The van der Waals surface area contributed by atoms with Gasteiger partial charge in [0, 0.05) is 25.2 Å². The van der Waals surface area contributed by atoms with Crippen LogP contribution in [0, 0.1) is 13.8 Å². The second-order valence-electron chi connectivity index (χ2n) is 5.91. The molecule has 0 bridgehead atoms. The van der Waals surface area contributed by atoms with Crippen LogP contribution >= 0.6 is 11.3 Å². The zero-order valence-corrected chi connectivity index (χ0v) is 14.6. The predicted octanol–water partition coefficient (Wildman–Crippen LogP) is 2.27. The molecule has 0 unspecified atom stereocenters. The number of amides is 1. The maximum atomic E-state index is 12.8. The molecule has 0 aliphatic carbocycles. The fraction of sp³-hybridized carbons (Fsp3) is 0.375. The number of rotatable bonds is 2. The lowest BCUT2D eigenvalue weighted by atomic mass is 10.1. The van der Waals surface area contributed by atoms with Crippen molar-refractivity contribution >= 4 is 37.7 Å². The van der Waals surface area contributed by atoms with Gasteiger partial charge in [0.15, 0.2) is 0 Å². The highest BCUT2D eigenvalue weighted by molar-refractivity contribution is 7.25. The second-order valence-corrected chi connectivity index (χ2v) is 6.91. The molecule has 1 amide bonds. The van der Waals surface area contributed by atoms with Crippen molar-refractivity contribution in [3.8, 4) is 0 Å². The summed E-state index contributed by atoms with van der Waals surface area (Å²) in [5.41, 5.74) is 2.44. The Labute approximate surface area is 137 Å². The summed E-state index contributed by atoms with van der Waals surface area (Å²) >= 11 is 1.34. The Morgan fingerprint density at radius 3 is 2.70 bits per heavy atom. The van der Waals surface area contributed by atoms with Crippen molar-refractivity contribution in [2.45, 2.75) is 26.8 Å². The number of likely N-dealkylation sites (N-methyl/N-ethyl adjacent to an activating group) is 1. The van der Waals surface area contributed by atoms with Crippen molar-refractivity contribution in [1.82, 2.24) is 19.4 Å². The first kappa shape index (κ1) is 15.6. The lowest BCUT2D eigenvalue weighted by molar-refractivity contribution is -0.131. The molecule has 3 aromatic rings. The van der Waals surface area contributed by atoms with Crippen molar-refractivity contribution in [2.24, 2.45) is 0 Å². The minimum absolute atomic E-state index is 0.139. The molecule has 0 spiro atoms. The van der Waals surface area contributed by atoms with E-state index in [1.807, 2.05) is 19.9 Å². The van der Waals surface area contributed by atoms with Gasteiger partial charge in [0.05, 0.1) is 11.8 Å². The predicted molar refractivity (Wildman–Crippen MR) is 92.1 cm³/mol. The summed E-state index contributed by atoms with van der Waals surface area (Å²) in [4.78, 5) is 36.2. The van der Waals surface area contributed by atoms with Gasteiger partial charge in [-0.05, 0) is 32.4 Å². The number of fused-ring (bicyclic) bond motifs is 3.